The summed E-state index contributed by atoms with van der Waals surface area (Å²) in [5, 5.41) is 8.80. The summed E-state index contributed by atoms with van der Waals surface area (Å²) in [4.78, 5) is 0.0853. The van der Waals surface area contributed by atoms with E-state index in [-0.39, 0.29) is 4.90 Å². The minimum atomic E-state index is -3.66. The first-order valence-electron chi connectivity index (χ1n) is 6.68. The third-order valence-electron chi connectivity index (χ3n) is 2.98. The van der Waals surface area contributed by atoms with Crippen LogP contribution < -0.4 is 15.2 Å². The predicted octanol–water partition coefficient (Wildman–Crippen LogP) is 3.00. The molecule has 0 aliphatic heterocycles. The molecule has 22 heavy (non-hydrogen) atoms. The molecular weight excluding hydrogens is 324 g/mol. The molecule has 0 fully saturated rings. The van der Waals surface area contributed by atoms with Gasteiger partial charge in [-0.3, -0.25) is 0 Å². The van der Waals surface area contributed by atoms with Crippen molar-refractivity contribution >= 4 is 27.3 Å². The number of halogens is 1. The average Bonchev–Trinajstić information content (AvgIpc) is 2.47. The topological polar surface area (TPSA) is 81.4 Å². The molecule has 0 aliphatic carbocycles. The molecule has 0 unspecified atom stereocenters. The lowest BCUT2D eigenvalue weighted by Crippen LogP contribution is -2.12. The number of hydrogen-bond donors (Lipinski definition) is 2. The second kappa shape index (κ2) is 7.00. The molecule has 0 saturated heterocycles. The molecule has 118 valence electrons. The Morgan fingerprint density at radius 3 is 2.41 bits per heavy atom. The molecule has 0 amide bonds. The standard InChI is InChI=1S/C15H17ClN2O3S/c1-2-21-15-8-3-11(9-14(15)16)10-18-12-4-6-13(7-5-12)22(17,19)20/h3-9,18H,2,10H2,1H3,(H2,17,19,20). The van der Waals surface area contributed by atoms with Gasteiger partial charge in [0.1, 0.15) is 5.75 Å². The summed E-state index contributed by atoms with van der Waals surface area (Å²) in [7, 11) is -3.66. The number of anilines is 1. The second-order valence-corrected chi connectivity index (χ2v) is 6.59. The quantitative estimate of drug-likeness (QED) is 0.847. The van der Waals surface area contributed by atoms with Crippen molar-refractivity contribution in [2.45, 2.75) is 18.4 Å². The zero-order valence-corrected chi connectivity index (χ0v) is 13.6. The summed E-state index contributed by atoms with van der Waals surface area (Å²) in [5.41, 5.74) is 1.78. The number of hydrogen-bond acceptors (Lipinski definition) is 4. The van der Waals surface area contributed by atoms with E-state index in [4.69, 9.17) is 21.5 Å². The zero-order valence-electron chi connectivity index (χ0n) is 12.0. The second-order valence-electron chi connectivity index (χ2n) is 4.62. The van der Waals surface area contributed by atoms with Crippen molar-refractivity contribution in [2.24, 2.45) is 5.14 Å². The predicted molar refractivity (Wildman–Crippen MR) is 87.8 cm³/mol. The summed E-state index contributed by atoms with van der Waals surface area (Å²) < 4.78 is 27.7. The van der Waals surface area contributed by atoms with Crippen LogP contribution in [0.1, 0.15) is 12.5 Å². The molecule has 0 radical (unpaired) electrons. The first-order valence-corrected chi connectivity index (χ1v) is 8.60. The van der Waals surface area contributed by atoms with E-state index in [1.54, 1.807) is 12.1 Å². The van der Waals surface area contributed by atoms with Crippen LogP contribution in [0.2, 0.25) is 5.02 Å². The van der Waals surface area contributed by atoms with E-state index in [1.165, 1.54) is 12.1 Å². The summed E-state index contributed by atoms with van der Waals surface area (Å²) in [6.45, 7) is 3.02. The van der Waals surface area contributed by atoms with Crippen LogP contribution in [0.25, 0.3) is 0 Å². The number of benzene rings is 2. The number of nitrogens with two attached hydrogens (primary N) is 1. The maximum Gasteiger partial charge on any atom is 0.238 e. The molecule has 0 atom stereocenters. The maximum absolute atomic E-state index is 11.2. The Balaban J connectivity index is 2.02. The van der Waals surface area contributed by atoms with Crippen molar-refractivity contribution in [3.05, 3.63) is 53.1 Å². The van der Waals surface area contributed by atoms with E-state index >= 15 is 0 Å². The monoisotopic (exact) mass is 340 g/mol. The summed E-state index contributed by atoms with van der Waals surface area (Å²) in [6, 6.07) is 11.8. The van der Waals surface area contributed by atoms with Gasteiger partial charge in [-0.2, -0.15) is 0 Å². The van der Waals surface area contributed by atoms with Gasteiger partial charge < -0.3 is 10.1 Å². The van der Waals surface area contributed by atoms with Crippen LogP contribution in [-0.2, 0) is 16.6 Å². The Morgan fingerprint density at radius 1 is 1.18 bits per heavy atom. The largest absolute Gasteiger partial charge is 0.492 e. The van der Waals surface area contributed by atoms with Crippen molar-refractivity contribution in [3.8, 4) is 5.75 Å². The fourth-order valence-electron chi connectivity index (χ4n) is 1.89. The molecule has 2 aromatic carbocycles. The van der Waals surface area contributed by atoms with Crippen molar-refractivity contribution in [3.63, 3.8) is 0 Å². The van der Waals surface area contributed by atoms with Gasteiger partial charge in [-0.15, -0.1) is 0 Å². The van der Waals surface area contributed by atoms with Gasteiger partial charge in [-0.25, -0.2) is 13.6 Å². The number of primary sulfonamides is 1. The summed E-state index contributed by atoms with van der Waals surface area (Å²) >= 11 is 6.13. The van der Waals surface area contributed by atoms with Crippen LogP contribution in [0.5, 0.6) is 5.75 Å². The molecule has 7 heteroatoms. The Kier molecular flexibility index (Phi) is 5.28. The number of sulfonamides is 1. The Labute approximate surface area is 135 Å². The average molecular weight is 341 g/mol. The number of nitrogens with one attached hydrogen (secondary N) is 1. The first-order chi connectivity index (χ1) is 10.4. The smallest absolute Gasteiger partial charge is 0.238 e. The van der Waals surface area contributed by atoms with Crippen LogP contribution in [0, 0.1) is 0 Å². The zero-order chi connectivity index (χ0) is 16.2. The van der Waals surface area contributed by atoms with Crippen LogP contribution in [0.15, 0.2) is 47.4 Å². The third kappa shape index (κ3) is 4.37. The normalized spacial score (nSPS) is 11.2. The van der Waals surface area contributed by atoms with Gasteiger partial charge in [0.25, 0.3) is 0 Å². The SMILES string of the molecule is CCOc1ccc(CNc2ccc(S(N)(=O)=O)cc2)cc1Cl. The van der Waals surface area contributed by atoms with Gasteiger partial charge in [-0.1, -0.05) is 17.7 Å². The molecule has 3 N–H and O–H groups in total. The van der Waals surface area contributed by atoms with Crippen LogP contribution >= 0.6 is 11.6 Å². The van der Waals surface area contributed by atoms with E-state index in [0.717, 1.165) is 11.3 Å². The van der Waals surface area contributed by atoms with Gasteiger partial charge in [0, 0.05) is 12.2 Å². The van der Waals surface area contributed by atoms with Gasteiger partial charge in [-0.05, 0) is 48.9 Å². The van der Waals surface area contributed by atoms with Gasteiger partial charge in [0.15, 0.2) is 0 Å². The van der Waals surface area contributed by atoms with Gasteiger partial charge in [0.2, 0.25) is 10.0 Å². The van der Waals surface area contributed by atoms with E-state index in [1.807, 2.05) is 25.1 Å². The highest BCUT2D eigenvalue weighted by Crippen LogP contribution is 2.25. The molecule has 0 saturated carbocycles. The lowest BCUT2D eigenvalue weighted by atomic mass is 10.2. The molecule has 2 rings (SSSR count). The molecule has 0 bridgehead atoms. The minimum Gasteiger partial charge on any atom is -0.492 e. The summed E-state index contributed by atoms with van der Waals surface area (Å²) in [6.07, 6.45) is 0. The highest BCUT2D eigenvalue weighted by molar-refractivity contribution is 7.89. The number of ether oxygens (including phenoxy) is 1. The molecule has 0 aliphatic rings. The van der Waals surface area contributed by atoms with E-state index < -0.39 is 10.0 Å². The fourth-order valence-corrected chi connectivity index (χ4v) is 2.67. The number of rotatable bonds is 6. The van der Waals surface area contributed by atoms with Gasteiger partial charge in [0.05, 0.1) is 16.5 Å². The lowest BCUT2D eigenvalue weighted by molar-refractivity contribution is 0.340. The minimum absolute atomic E-state index is 0.0853. The maximum atomic E-state index is 11.2. The van der Waals surface area contributed by atoms with Crippen molar-refractivity contribution in [1.82, 2.24) is 0 Å². The third-order valence-corrected chi connectivity index (χ3v) is 4.20. The molecular formula is C15H17ClN2O3S. The van der Waals surface area contributed by atoms with Crippen molar-refractivity contribution in [2.75, 3.05) is 11.9 Å². The Bertz CT molecular complexity index is 746. The van der Waals surface area contributed by atoms with Crippen molar-refractivity contribution < 1.29 is 13.2 Å². The van der Waals surface area contributed by atoms with Crippen LogP contribution in [0.3, 0.4) is 0 Å². The molecule has 5 nitrogen and oxygen atoms in total. The van der Waals surface area contributed by atoms with E-state index in [9.17, 15) is 8.42 Å². The first kappa shape index (κ1) is 16.6. The Hall–Kier alpha value is -1.76. The molecule has 0 heterocycles. The Morgan fingerprint density at radius 2 is 1.86 bits per heavy atom. The van der Waals surface area contributed by atoms with E-state index in [0.29, 0.717) is 23.9 Å². The van der Waals surface area contributed by atoms with Crippen molar-refractivity contribution in [1.29, 1.82) is 0 Å². The molecule has 0 aromatic heterocycles. The molecule has 0 spiro atoms. The lowest BCUT2D eigenvalue weighted by Gasteiger charge is -2.10. The van der Waals surface area contributed by atoms with E-state index in [2.05, 4.69) is 5.32 Å². The highest BCUT2D eigenvalue weighted by atomic mass is 35.5. The van der Waals surface area contributed by atoms with Crippen LogP contribution in [-0.4, -0.2) is 15.0 Å². The van der Waals surface area contributed by atoms with Gasteiger partial charge >= 0.3 is 0 Å². The van der Waals surface area contributed by atoms with Crippen LogP contribution in [0.4, 0.5) is 5.69 Å². The fraction of sp³-hybridized carbons (Fsp3) is 0.200. The molecule has 2 aromatic rings. The highest BCUT2D eigenvalue weighted by Gasteiger charge is 2.07. The summed E-state index contributed by atoms with van der Waals surface area (Å²) in [5.74, 6) is 0.658.